The van der Waals surface area contributed by atoms with Gasteiger partial charge >= 0.3 is 76.5 Å². The maximum atomic E-state index is 14.4. The van der Waals surface area contributed by atoms with Gasteiger partial charge in [-0.05, 0) is 186 Å². The minimum absolute atomic E-state index is 0. The molecular formula is C73H77Cl6F5I2N8NaO24P. The third-order valence-electron chi connectivity index (χ3n) is 17.1. The van der Waals surface area contributed by atoms with Crippen LogP contribution >= 0.6 is 119 Å². The number of carboxylic acid groups (broad SMARTS) is 2. The van der Waals surface area contributed by atoms with Gasteiger partial charge in [-0.1, -0.05) is 42.2 Å². The molecule has 120 heavy (non-hydrogen) atoms. The van der Waals surface area contributed by atoms with Gasteiger partial charge in [-0.2, -0.15) is 13.2 Å². The van der Waals surface area contributed by atoms with Crippen molar-refractivity contribution in [3.63, 3.8) is 0 Å². The van der Waals surface area contributed by atoms with E-state index in [9.17, 15) is 99.1 Å². The number of carboxylic acids is 2. The van der Waals surface area contributed by atoms with Crippen molar-refractivity contribution < 1.29 is 144 Å². The Labute approximate surface area is 758 Å². The van der Waals surface area contributed by atoms with Gasteiger partial charge in [0.1, 0.15) is 52.5 Å². The number of aromatic carboxylic acids is 2. The van der Waals surface area contributed by atoms with Crippen LogP contribution in [0.5, 0.6) is 5.75 Å². The normalized spacial score (nSPS) is 12.7. The van der Waals surface area contributed by atoms with Crippen molar-refractivity contribution in [3.8, 4) is 5.75 Å². The Morgan fingerprint density at radius 2 is 0.883 bits per heavy atom. The second-order valence-corrected chi connectivity index (χ2v) is 34.8. The van der Waals surface area contributed by atoms with Gasteiger partial charge in [-0.25, -0.2) is 32.8 Å². The number of Topliss-reactive ketones (excluding diaryl/α,β-unsaturated/α-hetero) is 1. The number of aliphatic imine (C=N–C) groups is 1. The first-order valence-electron chi connectivity index (χ1n) is 34.1. The largest absolute Gasteiger partial charge is 1.00 e. The average molecular weight is 2070 g/mol. The van der Waals surface area contributed by atoms with Gasteiger partial charge in [-0.15, -0.1) is 0 Å². The third kappa shape index (κ3) is 29.4. The molecule has 11 heterocycles. The summed E-state index contributed by atoms with van der Waals surface area (Å²) >= 11 is 34.8. The van der Waals surface area contributed by atoms with Gasteiger partial charge in [0.25, 0.3) is 27.8 Å². The van der Waals surface area contributed by atoms with E-state index >= 15 is 0 Å². The van der Waals surface area contributed by atoms with E-state index < -0.39 is 108 Å². The predicted molar refractivity (Wildman–Crippen MR) is 446 cm³/mol. The van der Waals surface area contributed by atoms with Crippen LogP contribution in [0.15, 0.2) is 77.5 Å². The Bertz CT molecular complexity index is 5290. The SMILES string of the molecule is C.COC(=O)CC(=O)CC(=O)OC.COC(=O)c1c(Cl)c(F)c(=O)n2c1CCC2.COC(=O)c1c(Cl)cc(=O)n2c1CCC2.COC(=O)c1c(O)cc(=O)n2c1CCC2.COC1=NCCC1.Nc1ccc(I)cc1F.O=C(O)c1c(Cl)c(F)c(=O)n2c1CCC2.O=C(O)c1c(Nc2ccc(I)cc2F)c(F)c(=O)n2c1CCC2.O=P(Cl)(Cl)Cl.[Na+].[OH-]. The molecule has 0 spiro atoms. The molecule has 13 rings (SSSR count). The van der Waals surface area contributed by atoms with Gasteiger partial charge in [0.2, 0.25) is 17.5 Å². The molecule has 0 unspecified atom stereocenters. The number of aromatic nitrogens is 5. The number of aromatic hydroxyl groups is 1. The van der Waals surface area contributed by atoms with Gasteiger partial charge in [-0.3, -0.25) is 47.9 Å². The second kappa shape index (κ2) is 50.6. The molecule has 7 N–H and O–H groups in total. The van der Waals surface area contributed by atoms with Crippen LogP contribution in [0.4, 0.5) is 39.0 Å². The van der Waals surface area contributed by atoms with E-state index in [1.807, 2.05) is 45.2 Å². The molecule has 0 saturated heterocycles. The maximum absolute atomic E-state index is 14.4. The van der Waals surface area contributed by atoms with E-state index in [-0.39, 0.29) is 129 Å². The Morgan fingerprint density at radius 1 is 0.517 bits per heavy atom. The van der Waals surface area contributed by atoms with E-state index in [0.29, 0.717) is 109 Å². The zero-order chi connectivity index (χ0) is 87.8. The van der Waals surface area contributed by atoms with Gasteiger partial charge in [0.15, 0.2) is 11.7 Å². The molecule has 0 bridgehead atoms. The number of ether oxygens (including phenoxy) is 6. The number of carbonyl (C=O) groups is 8. The fraction of sp³-hybridized carbons (Fsp3) is 0.370. The number of anilines is 3. The fourth-order valence-corrected chi connectivity index (χ4v) is 13.7. The molecule has 0 fully saturated rings. The Hall–Kier alpha value is -7.94. The molecular weight excluding hydrogens is 1990 g/mol. The molecule has 5 aromatic heterocycles. The number of benzene rings is 2. The van der Waals surface area contributed by atoms with Crippen LogP contribution in [0.25, 0.3) is 0 Å². The van der Waals surface area contributed by atoms with Gasteiger partial charge in [0.05, 0.1) is 80.4 Å². The minimum Gasteiger partial charge on any atom is -0.870 e. The molecule has 6 aliphatic rings. The van der Waals surface area contributed by atoms with E-state index in [4.69, 9.17) is 50.4 Å². The standard InChI is InChI=1S/C15H11F2IN2O3.C10H9ClFNO3.C10H10ClNO3.C10H11NO4.C9H7ClFNO3.C7H10O5.C6H5FIN.C5H9NO.CH4.Cl3OP.Na.H2O/c16-8-6-7(18)3-4-9(8)19-13-11(15(22)23)10-2-1-5-20(10)14(21)12(13)17;1-16-10(15)6-5-3-2-4-13(5)9(14)8(12)7(6)11;1-15-10(14)9-6(11)5-8(13)12-4-2-3-7(9)12;1-15-10(14)9-6-3-2-4-11(6)8(13)5-7(9)12;10-6-5(9(14)15)4-2-1-3-12(4)8(13)7(6)11;1-11-6(9)3-5(8)4-7(10)12-2;7-5-3-4(8)1-2-6(5)9;1-7-5-3-2-4-6-5;;1-5(2,3)4;;/h3-4,6,19H,1-2,5H2,(H,22,23);2-4H2,1H3;5H,2-4H2,1H3;5,12H,2-4H2,1H3;1-3H2,(H,14,15);3-4H2,1-2H3;1-3H,9H2;2-4H2,1H3;1H4;;;1H2/q;;;;;;;;;;+1;/p-1. The summed E-state index contributed by atoms with van der Waals surface area (Å²) in [6, 6.07) is 11.2. The van der Waals surface area contributed by atoms with Crippen molar-refractivity contribution in [1.29, 1.82) is 0 Å². The molecule has 7 aromatic rings. The average Bonchev–Trinajstić information content (AvgIpc) is 1.63. The molecule has 0 atom stereocenters. The first-order valence-corrected chi connectivity index (χ1v) is 41.9. The van der Waals surface area contributed by atoms with Crippen LogP contribution in [0, 0.1) is 36.2 Å². The molecule has 0 aliphatic carbocycles. The van der Waals surface area contributed by atoms with Gasteiger partial charge in [0, 0.05) is 93.4 Å². The first kappa shape index (κ1) is 108. The monoisotopic (exact) mass is 2060 g/mol. The number of nitrogens with one attached hydrogen (secondary N) is 1. The van der Waals surface area contributed by atoms with Crippen molar-refractivity contribution in [2.45, 2.75) is 130 Å². The van der Waals surface area contributed by atoms with Gasteiger partial charge < -0.3 is 83.1 Å². The molecule has 0 radical (unpaired) electrons. The summed E-state index contributed by atoms with van der Waals surface area (Å²) in [5.74, 6) is -10.1. The Balaban J connectivity index is 0.000000467. The number of methoxy groups -OCH3 is 6. The number of esters is 5. The number of nitrogens with zero attached hydrogens (tertiary/aromatic N) is 6. The van der Waals surface area contributed by atoms with Crippen LogP contribution < -0.4 is 68.4 Å². The summed E-state index contributed by atoms with van der Waals surface area (Å²) in [6.45, 7) is 3.25. The number of nitrogen functional groups attached to an aromatic ring is 1. The number of nitrogens with two attached hydrogens (primary N) is 1. The van der Waals surface area contributed by atoms with Crippen LogP contribution in [0.1, 0.15) is 145 Å². The van der Waals surface area contributed by atoms with E-state index in [2.05, 4.69) is 67.7 Å². The summed E-state index contributed by atoms with van der Waals surface area (Å²) in [7, 11) is 7.76. The molecule has 6 aliphatic heterocycles. The van der Waals surface area contributed by atoms with Crippen molar-refractivity contribution in [2.24, 2.45) is 4.99 Å². The predicted octanol–water partition coefficient (Wildman–Crippen LogP) is 10.1. The molecule has 32 nitrogen and oxygen atoms in total. The van der Waals surface area contributed by atoms with E-state index in [0.717, 1.165) is 50.5 Å². The number of hydrogen-bond donors (Lipinski definition) is 5. The number of hydrogen-bond acceptors (Lipinski definition) is 25. The molecule has 0 saturated carbocycles. The summed E-state index contributed by atoms with van der Waals surface area (Å²) in [5, 5.41) is 26.2. The van der Waals surface area contributed by atoms with E-state index in [1.54, 1.807) is 29.9 Å². The quantitative estimate of drug-likeness (QED) is 0.0117. The van der Waals surface area contributed by atoms with E-state index in [1.165, 1.54) is 75.4 Å². The summed E-state index contributed by atoms with van der Waals surface area (Å²) in [6.07, 6.45) is 7.65. The van der Waals surface area contributed by atoms with Crippen LogP contribution in [-0.2, 0) is 112 Å². The maximum Gasteiger partial charge on any atom is 1.00 e. The van der Waals surface area contributed by atoms with Crippen molar-refractivity contribution in [3.05, 3.63) is 208 Å². The number of rotatable bonds is 11. The Kier molecular flexibility index (Phi) is 45.6. The van der Waals surface area contributed by atoms with Crippen LogP contribution in [0.3, 0.4) is 0 Å². The van der Waals surface area contributed by atoms with Crippen molar-refractivity contribution in [1.82, 2.24) is 22.8 Å². The summed E-state index contributed by atoms with van der Waals surface area (Å²) < 4.78 is 112. The third-order valence-corrected chi connectivity index (χ3v) is 19.5. The molecule has 47 heteroatoms. The zero-order valence-corrected chi connectivity index (χ0v) is 75.6. The van der Waals surface area contributed by atoms with Crippen molar-refractivity contribution >= 4 is 189 Å². The smallest absolute Gasteiger partial charge is 0.870 e. The molecule has 650 valence electrons. The summed E-state index contributed by atoms with van der Waals surface area (Å²) in [4.78, 5) is 150. The first-order chi connectivity index (χ1) is 55.0. The van der Waals surface area contributed by atoms with Crippen LogP contribution in [0.2, 0.25) is 15.1 Å². The van der Waals surface area contributed by atoms with Crippen molar-refractivity contribution in [2.75, 3.05) is 60.3 Å². The number of pyridine rings is 5. The fourth-order valence-electron chi connectivity index (χ4n) is 12.0. The molecule has 0 amide bonds. The number of carbonyl (C=O) groups excluding carboxylic acids is 6. The topological polar surface area (TPSA) is 460 Å². The number of ketones is 1. The number of halogens is 13. The summed E-state index contributed by atoms with van der Waals surface area (Å²) in [5.41, 5.74) is 4.04. The minimum atomic E-state index is -3.22. The van der Waals surface area contributed by atoms with Crippen LogP contribution in [-0.4, -0.2) is 146 Å². The number of fused-ring (bicyclic) bond motifs is 5. The Morgan fingerprint density at radius 3 is 1.27 bits per heavy atom. The zero-order valence-electron chi connectivity index (χ0n) is 63.8. The molecule has 2 aromatic carbocycles. The second-order valence-electron chi connectivity index (χ2n) is 24.5.